The van der Waals surface area contributed by atoms with Crippen molar-refractivity contribution in [2.45, 2.75) is 6.42 Å². The van der Waals surface area contributed by atoms with E-state index in [-0.39, 0.29) is 46.7 Å². The molecule has 6 rings (SSSR count). The highest BCUT2D eigenvalue weighted by atomic mass is 19.1. The Balaban J connectivity index is 1.58. The van der Waals surface area contributed by atoms with E-state index in [2.05, 4.69) is 12.2 Å². The molecule has 3 fully saturated rings. The van der Waals surface area contributed by atoms with Crippen molar-refractivity contribution in [1.82, 2.24) is 0 Å². The van der Waals surface area contributed by atoms with Gasteiger partial charge in [0.05, 0.1) is 29.2 Å². The average Bonchev–Trinajstić information content (AvgIpc) is 3.33. The minimum atomic E-state index is -0.699. The Morgan fingerprint density at radius 2 is 1.70 bits per heavy atom. The number of imide groups is 1. The van der Waals surface area contributed by atoms with Crippen LogP contribution in [0.25, 0.3) is 0 Å². The Morgan fingerprint density at radius 3 is 2.22 bits per heavy atom. The number of amides is 2. The Bertz CT molecular complexity index is 804. The van der Waals surface area contributed by atoms with E-state index in [1.54, 1.807) is 0 Å². The van der Waals surface area contributed by atoms with Crippen LogP contribution in [0.3, 0.4) is 0 Å². The van der Waals surface area contributed by atoms with Gasteiger partial charge in [0.25, 0.3) is 0 Å². The summed E-state index contributed by atoms with van der Waals surface area (Å²) >= 11 is 0. The summed E-state index contributed by atoms with van der Waals surface area (Å²) in [5.41, 5.74) is 0.146. The SMILES string of the molecule is N#Cc1ccc(N2C(=O)[C@@H]3[C@@H]4C=C[C@@H]([C@H]5C[C@@H]45)[C@@H]3C2=O)c(F)c1. The fourth-order valence-corrected chi connectivity index (χ4v) is 4.95. The maximum absolute atomic E-state index is 14.3. The van der Waals surface area contributed by atoms with Crippen molar-refractivity contribution in [2.24, 2.45) is 35.5 Å². The average molecular weight is 308 g/mol. The lowest BCUT2D eigenvalue weighted by atomic mass is 9.63. The molecule has 1 heterocycles. The number of carbonyl (C=O) groups excluding carboxylic acids is 2. The van der Waals surface area contributed by atoms with Crippen LogP contribution in [0.4, 0.5) is 10.1 Å². The number of halogens is 1. The number of carbonyl (C=O) groups is 2. The van der Waals surface area contributed by atoms with Crippen molar-refractivity contribution in [2.75, 3.05) is 4.90 Å². The predicted molar refractivity (Wildman–Crippen MR) is 78.3 cm³/mol. The number of nitrogens with zero attached hydrogens (tertiary/aromatic N) is 2. The number of allylic oxidation sites excluding steroid dienone is 2. The zero-order chi connectivity index (χ0) is 15.9. The molecule has 0 radical (unpaired) electrons. The smallest absolute Gasteiger partial charge is 0.238 e. The topological polar surface area (TPSA) is 61.2 Å². The van der Waals surface area contributed by atoms with Crippen molar-refractivity contribution < 1.29 is 14.0 Å². The molecule has 1 aromatic rings. The normalized spacial score (nSPS) is 39.2. The molecule has 23 heavy (non-hydrogen) atoms. The molecule has 4 nitrogen and oxygen atoms in total. The quantitative estimate of drug-likeness (QED) is 0.590. The van der Waals surface area contributed by atoms with Crippen LogP contribution in [-0.2, 0) is 9.59 Å². The van der Waals surface area contributed by atoms with Gasteiger partial charge in [-0.1, -0.05) is 12.2 Å². The van der Waals surface area contributed by atoms with Crippen LogP contribution in [-0.4, -0.2) is 11.8 Å². The van der Waals surface area contributed by atoms with Gasteiger partial charge in [-0.2, -0.15) is 5.26 Å². The van der Waals surface area contributed by atoms with Crippen molar-refractivity contribution >= 4 is 17.5 Å². The molecule has 6 atom stereocenters. The van der Waals surface area contributed by atoms with E-state index in [0.29, 0.717) is 11.8 Å². The summed E-state index contributed by atoms with van der Waals surface area (Å²) in [6.45, 7) is 0. The van der Waals surface area contributed by atoms with Gasteiger partial charge in [0.1, 0.15) is 5.82 Å². The molecule has 114 valence electrons. The highest BCUT2D eigenvalue weighted by molar-refractivity contribution is 6.22. The maximum Gasteiger partial charge on any atom is 0.238 e. The van der Waals surface area contributed by atoms with E-state index in [0.717, 1.165) is 17.4 Å². The van der Waals surface area contributed by atoms with Gasteiger partial charge in [-0.15, -0.1) is 0 Å². The van der Waals surface area contributed by atoms with E-state index >= 15 is 0 Å². The fraction of sp³-hybridized carbons (Fsp3) is 0.389. The highest BCUT2D eigenvalue weighted by Crippen LogP contribution is 2.65. The minimum absolute atomic E-state index is 0.0264. The largest absolute Gasteiger partial charge is 0.274 e. The second-order valence-electron chi connectivity index (χ2n) is 6.94. The number of rotatable bonds is 1. The first-order chi connectivity index (χ1) is 11.1. The molecule has 1 saturated heterocycles. The Hall–Kier alpha value is -2.48. The summed E-state index contributed by atoms with van der Waals surface area (Å²) < 4.78 is 14.3. The van der Waals surface area contributed by atoms with Crippen molar-refractivity contribution in [1.29, 1.82) is 5.26 Å². The van der Waals surface area contributed by atoms with Crippen molar-refractivity contribution in [3.05, 3.63) is 41.7 Å². The summed E-state index contributed by atoms with van der Waals surface area (Å²) in [5.74, 6) is -0.651. The van der Waals surface area contributed by atoms with Crippen LogP contribution in [0.1, 0.15) is 12.0 Å². The van der Waals surface area contributed by atoms with E-state index < -0.39 is 5.82 Å². The molecule has 1 aromatic carbocycles. The Morgan fingerprint density at radius 1 is 1.09 bits per heavy atom. The van der Waals surface area contributed by atoms with Crippen LogP contribution < -0.4 is 4.90 Å². The lowest BCUT2D eigenvalue weighted by Gasteiger charge is -2.37. The summed E-state index contributed by atoms with van der Waals surface area (Å²) in [5, 5.41) is 8.83. The molecule has 2 bridgehead atoms. The molecular formula is C18H13FN2O2. The van der Waals surface area contributed by atoms with Gasteiger partial charge >= 0.3 is 0 Å². The number of benzene rings is 1. The molecule has 1 aliphatic heterocycles. The van der Waals surface area contributed by atoms with Gasteiger partial charge in [0, 0.05) is 0 Å². The molecule has 0 aromatic heterocycles. The molecule has 5 heteroatoms. The first kappa shape index (κ1) is 13.0. The second-order valence-corrected chi connectivity index (χ2v) is 6.94. The third-order valence-corrected chi connectivity index (χ3v) is 5.98. The van der Waals surface area contributed by atoms with E-state index in [4.69, 9.17) is 5.26 Å². The van der Waals surface area contributed by atoms with Crippen LogP contribution >= 0.6 is 0 Å². The third-order valence-electron chi connectivity index (χ3n) is 5.98. The molecule has 0 unspecified atom stereocenters. The maximum atomic E-state index is 14.3. The monoisotopic (exact) mass is 308 g/mol. The van der Waals surface area contributed by atoms with Gasteiger partial charge in [-0.25, -0.2) is 9.29 Å². The van der Waals surface area contributed by atoms with Gasteiger partial charge in [0.2, 0.25) is 11.8 Å². The minimum Gasteiger partial charge on any atom is -0.274 e. The molecular weight excluding hydrogens is 295 g/mol. The van der Waals surface area contributed by atoms with Gasteiger partial charge < -0.3 is 0 Å². The molecule has 2 amide bonds. The summed E-state index contributed by atoms with van der Waals surface area (Å²) in [7, 11) is 0. The van der Waals surface area contributed by atoms with Gasteiger partial charge in [-0.3, -0.25) is 9.59 Å². The second kappa shape index (κ2) is 4.08. The first-order valence-electron chi connectivity index (χ1n) is 7.87. The molecule has 0 N–H and O–H groups in total. The molecule has 5 aliphatic rings. The van der Waals surface area contributed by atoms with Crippen molar-refractivity contribution in [3.63, 3.8) is 0 Å². The third kappa shape index (κ3) is 1.49. The molecule has 2 saturated carbocycles. The fourth-order valence-electron chi connectivity index (χ4n) is 4.95. The Kier molecular flexibility index (Phi) is 2.31. The van der Waals surface area contributed by atoms with E-state index in [1.165, 1.54) is 12.1 Å². The summed E-state index contributed by atoms with van der Waals surface area (Å²) in [6.07, 6.45) is 5.27. The standard InChI is InChI=1S/C18H13FN2O2/c19-13-5-8(7-20)1-4-14(13)21-17(22)15-9-2-3-10(12-6-11(9)12)16(15)18(21)23/h1-5,9-12,15-16H,6H2/t9-,10+,11+,12-,15-,16+. The number of nitriles is 1. The Labute approximate surface area is 132 Å². The first-order valence-corrected chi connectivity index (χ1v) is 7.87. The highest BCUT2D eigenvalue weighted by Gasteiger charge is 2.67. The van der Waals surface area contributed by atoms with Crippen LogP contribution in [0.5, 0.6) is 0 Å². The molecule has 0 spiro atoms. The van der Waals surface area contributed by atoms with Crippen LogP contribution in [0.2, 0.25) is 0 Å². The predicted octanol–water partition coefficient (Wildman–Crippen LogP) is 2.25. The lowest BCUT2D eigenvalue weighted by molar-refractivity contribution is -0.124. The van der Waals surface area contributed by atoms with Gasteiger partial charge in [0.15, 0.2) is 0 Å². The van der Waals surface area contributed by atoms with Crippen molar-refractivity contribution in [3.8, 4) is 6.07 Å². The van der Waals surface area contributed by atoms with Crippen LogP contribution in [0, 0.1) is 52.7 Å². The van der Waals surface area contributed by atoms with Crippen LogP contribution in [0.15, 0.2) is 30.4 Å². The lowest BCUT2D eigenvalue weighted by Crippen LogP contribution is -2.40. The number of hydrogen-bond acceptors (Lipinski definition) is 3. The molecule has 4 aliphatic carbocycles. The van der Waals surface area contributed by atoms with E-state index in [1.807, 2.05) is 6.07 Å². The summed E-state index contributed by atoms with van der Waals surface area (Å²) in [6, 6.07) is 5.72. The zero-order valence-electron chi connectivity index (χ0n) is 12.1. The van der Waals surface area contributed by atoms with Gasteiger partial charge in [-0.05, 0) is 48.3 Å². The van der Waals surface area contributed by atoms with E-state index in [9.17, 15) is 14.0 Å². The zero-order valence-corrected chi connectivity index (χ0v) is 12.1. The number of anilines is 1. The number of hydrogen-bond donors (Lipinski definition) is 0. The summed E-state index contributed by atoms with van der Waals surface area (Å²) in [4.78, 5) is 26.7.